The molecule has 4 heterocycles. The summed E-state index contributed by atoms with van der Waals surface area (Å²) in [6, 6.07) is 6.50. The molecule has 6 nitrogen and oxygen atoms in total. The standard InChI is InChI=1S/C20H19N5O/c1-26-18-4-2-3-10-25(18)20-19-22-9-11-24(19)13-17(23-20)15-6-5-14-7-8-21-16(14)12-15/h2-6,9-13,18,21H,7-8H2,1H3. The molecular formula is C20H19N5O. The van der Waals surface area contributed by atoms with E-state index in [1.165, 1.54) is 11.3 Å². The molecule has 26 heavy (non-hydrogen) atoms. The van der Waals surface area contributed by atoms with Gasteiger partial charge in [0.25, 0.3) is 0 Å². The van der Waals surface area contributed by atoms with Crippen LogP contribution in [0.15, 0.2) is 61.2 Å². The van der Waals surface area contributed by atoms with Gasteiger partial charge in [-0.3, -0.25) is 4.90 Å². The van der Waals surface area contributed by atoms with E-state index in [0.717, 1.165) is 35.7 Å². The van der Waals surface area contributed by atoms with E-state index in [2.05, 4.69) is 28.5 Å². The second-order valence-electron chi connectivity index (χ2n) is 6.42. The zero-order chi connectivity index (χ0) is 17.5. The Morgan fingerprint density at radius 2 is 2.23 bits per heavy atom. The molecule has 0 aliphatic carbocycles. The van der Waals surface area contributed by atoms with E-state index in [-0.39, 0.29) is 6.23 Å². The highest BCUT2D eigenvalue weighted by Gasteiger charge is 2.22. The van der Waals surface area contributed by atoms with E-state index in [1.807, 2.05) is 46.1 Å². The largest absolute Gasteiger partial charge is 0.384 e. The topological polar surface area (TPSA) is 54.7 Å². The van der Waals surface area contributed by atoms with E-state index in [0.29, 0.717) is 0 Å². The highest BCUT2D eigenvalue weighted by atomic mass is 16.5. The van der Waals surface area contributed by atoms with E-state index in [4.69, 9.17) is 9.72 Å². The molecule has 0 fully saturated rings. The molecule has 1 aromatic carbocycles. The number of fused-ring (bicyclic) bond motifs is 2. The van der Waals surface area contributed by atoms with Crippen molar-refractivity contribution in [2.24, 2.45) is 0 Å². The van der Waals surface area contributed by atoms with E-state index in [9.17, 15) is 0 Å². The molecule has 0 saturated heterocycles. The Labute approximate surface area is 151 Å². The number of ether oxygens (including phenoxy) is 1. The smallest absolute Gasteiger partial charge is 0.180 e. The molecule has 1 N–H and O–H groups in total. The summed E-state index contributed by atoms with van der Waals surface area (Å²) in [7, 11) is 1.69. The molecule has 0 radical (unpaired) electrons. The Hall–Kier alpha value is -3.12. The number of benzene rings is 1. The van der Waals surface area contributed by atoms with Crippen molar-refractivity contribution in [3.8, 4) is 11.3 Å². The minimum Gasteiger partial charge on any atom is -0.384 e. The molecule has 5 rings (SSSR count). The first-order valence-corrected chi connectivity index (χ1v) is 8.70. The van der Waals surface area contributed by atoms with Crippen LogP contribution >= 0.6 is 0 Å². The van der Waals surface area contributed by atoms with Gasteiger partial charge in [-0.2, -0.15) is 0 Å². The Morgan fingerprint density at radius 1 is 1.27 bits per heavy atom. The van der Waals surface area contributed by atoms with Gasteiger partial charge in [0.1, 0.15) is 0 Å². The van der Waals surface area contributed by atoms with Gasteiger partial charge in [-0.15, -0.1) is 0 Å². The van der Waals surface area contributed by atoms with Crippen molar-refractivity contribution < 1.29 is 4.74 Å². The Bertz CT molecular complexity index is 1040. The molecule has 1 atom stereocenters. The van der Waals surface area contributed by atoms with Crippen molar-refractivity contribution in [1.29, 1.82) is 0 Å². The molecule has 2 aromatic heterocycles. The van der Waals surface area contributed by atoms with Crippen molar-refractivity contribution in [1.82, 2.24) is 14.4 Å². The molecule has 3 aromatic rings. The van der Waals surface area contributed by atoms with Crippen LogP contribution in [0.4, 0.5) is 11.5 Å². The second kappa shape index (κ2) is 6.00. The van der Waals surface area contributed by atoms with Gasteiger partial charge in [0.2, 0.25) is 0 Å². The molecule has 0 bridgehead atoms. The summed E-state index contributed by atoms with van der Waals surface area (Å²) < 4.78 is 7.60. The lowest BCUT2D eigenvalue weighted by atomic mass is 10.1. The summed E-state index contributed by atoms with van der Waals surface area (Å²) in [5.74, 6) is 0.772. The predicted molar refractivity (Wildman–Crippen MR) is 102 cm³/mol. The van der Waals surface area contributed by atoms with Crippen molar-refractivity contribution >= 4 is 17.2 Å². The zero-order valence-electron chi connectivity index (χ0n) is 14.5. The Balaban J connectivity index is 1.66. The summed E-state index contributed by atoms with van der Waals surface area (Å²) in [6.45, 7) is 0.998. The molecule has 6 heteroatoms. The predicted octanol–water partition coefficient (Wildman–Crippen LogP) is 3.23. The van der Waals surface area contributed by atoms with Gasteiger partial charge in [0.05, 0.1) is 5.69 Å². The summed E-state index contributed by atoms with van der Waals surface area (Å²) >= 11 is 0. The number of imidazole rings is 1. The average Bonchev–Trinajstić information content (AvgIpc) is 3.35. The molecule has 0 amide bonds. The summed E-state index contributed by atoms with van der Waals surface area (Å²) in [4.78, 5) is 11.4. The molecule has 0 spiro atoms. The maximum Gasteiger partial charge on any atom is 0.180 e. The lowest BCUT2D eigenvalue weighted by Gasteiger charge is -2.28. The van der Waals surface area contributed by atoms with E-state index >= 15 is 0 Å². The first-order valence-electron chi connectivity index (χ1n) is 8.70. The van der Waals surface area contributed by atoms with Crippen molar-refractivity contribution in [3.63, 3.8) is 0 Å². The van der Waals surface area contributed by atoms with Crippen molar-refractivity contribution in [2.45, 2.75) is 12.6 Å². The van der Waals surface area contributed by atoms with Crippen LogP contribution in [0.3, 0.4) is 0 Å². The highest BCUT2D eigenvalue weighted by Crippen LogP contribution is 2.31. The number of nitrogens with zero attached hydrogens (tertiary/aromatic N) is 4. The fourth-order valence-electron chi connectivity index (χ4n) is 3.54. The van der Waals surface area contributed by atoms with Crippen LogP contribution in [0.2, 0.25) is 0 Å². The number of hydrogen-bond acceptors (Lipinski definition) is 5. The molecule has 1 unspecified atom stereocenters. The third kappa shape index (κ3) is 2.38. The quantitative estimate of drug-likeness (QED) is 0.790. The van der Waals surface area contributed by atoms with Crippen LogP contribution < -0.4 is 10.2 Å². The van der Waals surface area contributed by atoms with Crippen molar-refractivity contribution in [3.05, 3.63) is 66.8 Å². The summed E-state index contributed by atoms with van der Waals surface area (Å²) in [5.41, 5.74) is 5.35. The number of nitrogens with one attached hydrogen (secondary N) is 1. The number of rotatable bonds is 3. The molecule has 0 saturated carbocycles. The van der Waals surface area contributed by atoms with Crippen LogP contribution in [-0.4, -0.2) is 34.3 Å². The van der Waals surface area contributed by atoms with Crippen molar-refractivity contribution in [2.75, 3.05) is 23.9 Å². The fourth-order valence-corrected chi connectivity index (χ4v) is 3.54. The van der Waals surface area contributed by atoms with Gasteiger partial charge in [0, 0.05) is 49.7 Å². The number of anilines is 2. The maximum atomic E-state index is 5.59. The van der Waals surface area contributed by atoms with Gasteiger partial charge in [-0.1, -0.05) is 18.2 Å². The Morgan fingerprint density at radius 3 is 3.15 bits per heavy atom. The number of methoxy groups -OCH3 is 1. The third-order valence-electron chi connectivity index (χ3n) is 4.87. The first-order chi connectivity index (χ1) is 12.8. The Kier molecular flexibility index (Phi) is 3.50. The van der Waals surface area contributed by atoms with Gasteiger partial charge >= 0.3 is 0 Å². The number of allylic oxidation sites excluding steroid dienone is 2. The highest BCUT2D eigenvalue weighted by molar-refractivity contribution is 5.74. The molecule has 130 valence electrons. The van der Waals surface area contributed by atoms with Crippen LogP contribution in [0.5, 0.6) is 0 Å². The molecule has 2 aliphatic heterocycles. The summed E-state index contributed by atoms with van der Waals surface area (Å²) in [6.07, 6.45) is 14.5. The van der Waals surface area contributed by atoms with Gasteiger partial charge in [0.15, 0.2) is 17.7 Å². The lowest BCUT2D eigenvalue weighted by molar-refractivity contribution is 0.143. The fraction of sp³-hybridized carbons (Fsp3) is 0.200. The summed E-state index contributed by atoms with van der Waals surface area (Å²) in [5, 5.41) is 3.44. The molecular weight excluding hydrogens is 326 g/mol. The number of aromatic nitrogens is 3. The second-order valence-corrected chi connectivity index (χ2v) is 6.42. The molecule has 2 aliphatic rings. The van der Waals surface area contributed by atoms with Gasteiger partial charge in [-0.25, -0.2) is 9.97 Å². The van der Waals surface area contributed by atoms with Crippen LogP contribution in [0, 0.1) is 0 Å². The van der Waals surface area contributed by atoms with E-state index < -0.39 is 0 Å². The van der Waals surface area contributed by atoms with Crippen LogP contribution in [-0.2, 0) is 11.2 Å². The third-order valence-corrected chi connectivity index (χ3v) is 4.87. The minimum atomic E-state index is -0.204. The minimum absolute atomic E-state index is 0.204. The van der Waals surface area contributed by atoms with Gasteiger partial charge < -0.3 is 14.5 Å². The van der Waals surface area contributed by atoms with E-state index in [1.54, 1.807) is 13.3 Å². The SMILES string of the molecule is COC1C=CC=CN1c1nc(-c2ccc3c(c2)NCC3)cn2ccnc12. The lowest BCUT2D eigenvalue weighted by Crippen LogP contribution is -2.33. The average molecular weight is 345 g/mol. The monoisotopic (exact) mass is 345 g/mol. The van der Waals surface area contributed by atoms with Crippen LogP contribution in [0.25, 0.3) is 16.9 Å². The maximum absolute atomic E-state index is 5.59. The zero-order valence-corrected chi connectivity index (χ0v) is 14.5. The first kappa shape index (κ1) is 15.2. The van der Waals surface area contributed by atoms with Gasteiger partial charge in [-0.05, 0) is 30.2 Å². The normalized spacial score (nSPS) is 18.3. The van der Waals surface area contributed by atoms with Crippen LogP contribution in [0.1, 0.15) is 5.56 Å². The number of hydrogen-bond donors (Lipinski definition) is 1.